The van der Waals surface area contributed by atoms with Gasteiger partial charge in [0.1, 0.15) is 5.56 Å². The minimum Gasteiger partial charge on any atom is -0.501 e. The van der Waals surface area contributed by atoms with Gasteiger partial charge in [-0.3, -0.25) is 10.1 Å². The Morgan fingerprint density at radius 2 is 1.94 bits per heavy atom. The molecule has 0 aliphatic carbocycles. The highest BCUT2D eigenvalue weighted by Crippen LogP contribution is 2.33. The van der Waals surface area contributed by atoms with E-state index < -0.39 is 41.8 Å². The molecule has 0 atom stereocenters. The van der Waals surface area contributed by atoms with Crippen molar-refractivity contribution in [3.8, 4) is 5.75 Å². The molecule has 0 unspecified atom stereocenters. The Labute approximate surface area is 98.6 Å². The number of carboxylic acid groups (broad SMARTS) is 1. The number of aromatic carboxylic acids is 1. The molecule has 1 rings (SSSR count). The van der Waals surface area contributed by atoms with Crippen LogP contribution in [0.15, 0.2) is 17.0 Å². The van der Waals surface area contributed by atoms with Crippen LogP contribution in [-0.2, 0) is 9.05 Å². The van der Waals surface area contributed by atoms with Crippen LogP contribution in [0.2, 0.25) is 0 Å². The third-order valence-corrected chi connectivity index (χ3v) is 3.11. The molecule has 0 fully saturated rings. The van der Waals surface area contributed by atoms with Crippen LogP contribution in [0.1, 0.15) is 10.4 Å². The molecule has 1 aromatic rings. The van der Waals surface area contributed by atoms with Crippen LogP contribution >= 0.6 is 10.7 Å². The average molecular weight is 282 g/mol. The van der Waals surface area contributed by atoms with Crippen molar-refractivity contribution in [2.45, 2.75) is 4.90 Å². The summed E-state index contributed by atoms with van der Waals surface area (Å²) in [6.45, 7) is 0. The molecule has 17 heavy (non-hydrogen) atoms. The number of benzene rings is 1. The van der Waals surface area contributed by atoms with Crippen LogP contribution in [0.3, 0.4) is 0 Å². The second kappa shape index (κ2) is 4.18. The summed E-state index contributed by atoms with van der Waals surface area (Å²) in [7, 11) is 0.601. The zero-order valence-electron chi connectivity index (χ0n) is 7.82. The van der Waals surface area contributed by atoms with Crippen LogP contribution < -0.4 is 0 Å². The van der Waals surface area contributed by atoms with Crippen molar-refractivity contribution in [1.82, 2.24) is 0 Å². The van der Waals surface area contributed by atoms with Gasteiger partial charge in [0.2, 0.25) is 5.75 Å². The third-order valence-electron chi connectivity index (χ3n) is 1.77. The highest BCUT2D eigenvalue weighted by molar-refractivity contribution is 8.13. The predicted octanol–water partition coefficient (Wildman–Crippen LogP) is 0.926. The lowest BCUT2D eigenvalue weighted by Crippen LogP contribution is -2.03. The third kappa shape index (κ3) is 2.63. The lowest BCUT2D eigenvalue weighted by molar-refractivity contribution is -0.386. The Kier molecular flexibility index (Phi) is 3.25. The maximum Gasteiger partial charge on any atom is 0.339 e. The Bertz CT molecular complexity index is 574. The summed E-state index contributed by atoms with van der Waals surface area (Å²) in [5.41, 5.74) is -1.97. The molecule has 0 bridgehead atoms. The Morgan fingerprint density at radius 1 is 1.41 bits per heavy atom. The summed E-state index contributed by atoms with van der Waals surface area (Å²) in [5, 5.41) is 28.4. The fourth-order valence-electron chi connectivity index (χ4n) is 1.04. The van der Waals surface area contributed by atoms with Gasteiger partial charge in [-0.1, -0.05) is 0 Å². The van der Waals surface area contributed by atoms with E-state index in [1.54, 1.807) is 0 Å². The summed E-state index contributed by atoms with van der Waals surface area (Å²) in [4.78, 5) is 19.3. The number of nitrogens with zero attached hydrogens (tertiary/aromatic N) is 1. The zero-order chi connectivity index (χ0) is 13.4. The first-order chi connectivity index (χ1) is 7.64. The Hall–Kier alpha value is -1.87. The molecule has 0 radical (unpaired) electrons. The number of carbonyl (C=O) groups is 1. The molecule has 0 aliphatic heterocycles. The van der Waals surface area contributed by atoms with Crippen molar-refractivity contribution in [1.29, 1.82) is 0 Å². The molecule has 0 saturated carbocycles. The van der Waals surface area contributed by atoms with Gasteiger partial charge in [0.05, 0.1) is 9.82 Å². The number of phenols is 1. The zero-order valence-corrected chi connectivity index (χ0v) is 9.40. The first-order valence-electron chi connectivity index (χ1n) is 3.84. The smallest absolute Gasteiger partial charge is 0.339 e. The molecule has 10 heteroatoms. The SMILES string of the molecule is O=C(O)c1cc(S(=O)(=O)Cl)cc([N+](=O)[O-])c1O. The first-order valence-corrected chi connectivity index (χ1v) is 6.15. The number of aromatic hydroxyl groups is 1. The largest absolute Gasteiger partial charge is 0.501 e. The van der Waals surface area contributed by atoms with Crippen molar-refractivity contribution in [3.63, 3.8) is 0 Å². The highest BCUT2D eigenvalue weighted by atomic mass is 35.7. The molecule has 0 aromatic heterocycles. The van der Waals surface area contributed by atoms with Crippen molar-refractivity contribution in [3.05, 3.63) is 27.8 Å². The monoisotopic (exact) mass is 281 g/mol. The van der Waals surface area contributed by atoms with E-state index in [-0.39, 0.29) is 0 Å². The minimum atomic E-state index is -4.34. The first kappa shape index (κ1) is 13.2. The molecule has 8 nitrogen and oxygen atoms in total. The average Bonchev–Trinajstić information content (AvgIpc) is 2.14. The number of hydrogen-bond donors (Lipinski definition) is 2. The molecule has 2 N–H and O–H groups in total. The van der Waals surface area contributed by atoms with Gasteiger partial charge < -0.3 is 10.2 Å². The lowest BCUT2D eigenvalue weighted by atomic mass is 10.2. The van der Waals surface area contributed by atoms with E-state index in [2.05, 4.69) is 0 Å². The number of halogens is 1. The van der Waals surface area contributed by atoms with Crippen LogP contribution in [0.5, 0.6) is 5.75 Å². The molecule has 0 saturated heterocycles. The van der Waals surface area contributed by atoms with E-state index in [0.717, 1.165) is 0 Å². The number of nitro benzene ring substituents is 1. The standard InChI is InChI=1S/C7H4ClNO7S/c8-17(15,16)3-1-4(7(11)12)6(10)5(2-3)9(13)14/h1-2,10H,(H,11,12). The number of carboxylic acids is 1. The number of hydrogen-bond acceptors (Lipinski definition) is 6. The van der Waals surface area contributed by atoms with E-state index in [0.29, 0.717) is 12.1 Å². The van der Waals surface area contributed by atoms with Crippen molar-refractivity contribution in [2.24, 2.45) is 0 Å². The van der Waals surface area contributed by atoms with Gasteiger partial charge in [0.15, 0.2) is 0 Å². The van der Waals surface area contributed by atoms with Gasteiger partial charge in [-0.15, -0.1) is 0 Å². The van der Waals surface area contributed by atoms with Gasteiger partial charge in [0.25, 0.3) is 9.05 Å². The molecule has 1 aromatic carbocycles. The normalized spacial score (nSPS) is 11.1. The minimum absolute atomic E-state index is 0.476. The highest BCUT2D eigenvalue weighted by Gasteiger charge is 2.26. The van der Waals surface area contributed by atoms with Gasteiger partial charge in [-0.2, -0.15) is 0 Å². The summed E-state index contributed by atoms with van der Waals surface area (Å²) in [6.07, 6.45) is 0. The van der Waals surface area contributed by atoms with Crippen molar-refractivity contribution < 1.29 is 28.3 Å². The van der Waals surface area contributed by atoms with Gasteiger partial charge in [0, 0.05) is 16.7 Å². The van der Waals surface area contributed by atoms with Crippen molar-refractivity contribution in [2.75, 3.05) is 0 Å². The molecule has 0 amide bonds. The van der Waals surface area contributed by atoms with Crippen LogP contribution in [-0.4, -0.2) is 29.5 Å². The summed E-state index contributed by atoms with van der Waals surface area (Å²) in [6, 6.07) is 1.01. The van der Waals surface area contributed by atoms with Gasteiger partial charge in [-0.25, -0.2) is 13.2 Å². The number of rotatable bonds is 3. The molecule has 92 valence electrons. The molecular formula is C7H4ClNO7S. The summed E-state index contributed by atoms with van der Waals surface area (Å²) < 4.78 is 21.9. The quantitative estimate of drug-likeness (QED) is 0.478. The summed E-state index contributed by atoms with van der Waals surface area (Å²) in [5.74, 6) is -2.85. The topological polar surface area (TPSA) is 135 Å². The van der Waals surface area contributed by atoms with E-state index in [1.165, 1.54) is 0 Å². The lowest BCUT2D eigenvalue weighted by Gasteiger charge is -2.03. The van der Waals surface area contributed by atoms with Crippen molar-refractivity contribution >= 4 is 31.4 Å². The fraction of sp³-hybridized carbons (Fsp3) is 0. The summed E-state index contributed by atoms with van der Waals surface area (Å²) >= 11 is 0. The molecule has 0 aliphatic rings. The van der Waals surface area contributed by atoms with Crippen LogP contribution in [0, 0.1) is 10.1 Å². The Balaban J connectivity index is 3.71. The molecular weight excluding hydrogens is 278 g/mol. The number of nitro groups is 1. The van der Waals surface area contributed by atoms with Crippen LogP contribution in [0.4, 0.5) is 5.69 Å². The second-order valence-electron chi connectivity index (χ2n) is 2.84. The maximum absolute atomic E-state index is 11.0. The van der Waals surface area contributed by atoms with E-state index >= 15 is 0 Å². The molecule has 0 heterocycles. The molecule has 0 spiro atoms. The predicted molar refractivity (Wildman–Crippen MR) is 54.8 cm³/mol. The van der Waals surface area contributed by atoms with E-state index in [4.69, 9.17) is 15.8 Å². The van der Waals surface area contributed by atoms with Gasteiger partial charge >= 0.3 is 11.7 Å². The van der Waals surface area contributed by atoms with E-state index in [9.17, 15) is 28.4 Å². The van der Waals surface area contributed by atoms with E-state index in [1.807, 2.05) is 0 Å². The Morgan fingerprint density at radius 3 is 2.29 bits per heavy atom. The second-order valence-corrected chi connectivity index (χ2v) is 5.40. The fourth-order valence-corrected chi connectivity index (χ4v) is 1.81. The van der Waals surface area contributed by atoms with Crippen LogP contribution in [0.25, 0.3) is 0 Å². The van der Waals surface area contributed by atoms with Gasteiger partial charge in [-0.05, 0) is 6.07 Å². The maximum atomic E-state index is 11.0.